The average Bonchev–Trinajstić information content (AvgIpc) is 3.47. The van der Waals surface area contributed by atoms with Gasteiger partial charge in [0.25, 0.3) is 0 Å². The fourth-order valence-corrected chi connectivity index (χ4v) is 3.58. The number of nitrogens with one attached hydrogen (secondary N) is 1. The molecule has 0 radical (unpaired) electrons. The lowest BCUT2D eigenvalue weighted by Crippen LogP contribution is -2.46. The molecule has 0 bridgehead atoms. The van der Waals surface area contributed by atoms with Crippen LogP contribution in [0.2, 0.25) is 0 Å². The first-order valence-corrected chi connectivity index (χ1v) is 10.5. The summed E-state index contributed by atoms with van der Waals surface area (Å²) in [6.07, 6.45) is 8.27. The van der Waals surface area contributed by atoms with Gasteiger partial charge in [-0.3, -0.25) is 4.98 Å². The number of para-hydroxylation sites is 1. The van der Waals surface area contributed by atoms with Gasteiger partial charge in [-0.2, -0.15) is 0 Å². The maximum Gasteiger partial charge on any atom is 0.137 e. The zero-order valence-electron chi connectivity index (χ0n) is 16.4. The molecule has 1 aliphatic carbocycles. The van der Waals surface area contributed by atoms with Crippen molar-refractivity contribution in [3.05, 3.63) is 54.4 Å². The van der Waals surface area contributed by atoms with Crippen molar-refractivity contribution in [1.29, 1.82) is 0 Å². The zero-order chi connectivity index (χ0) is 19.0. The molecule has 1 aromatic heterocycles. The van der Waals surface area contributed by atoms with E-state index in [4.69, 9.17) is 14.2 Å². The second kappa shape index (κ2) is 9.89. The number of benzene rings is 1. The van der Waals surface area contributed by atoms with E-state index in [0.29, 0.717) is 24.5 Å². The van der Waals surface area contributed by atoms with E-state index in [-0.39, 0.29) is 0 Å². The van der Waals surface area contributed by atoms with Crippen LogP contribution in [-0.4, -0.2) is 44.0 Å². The van der Waals surface area contributed by atoms with Crippen LogP contribution in [0.4, 0.5) is 0 Å². The third-order valence-electron chi connectivity index (χ3n) is 5.54. The molecule has 1 N–H and O–H groups in total. The van der Waals surface area contributed by atoms with Crippen molar-refractivity contribution >= 4 is 0 Å². The van der Waals surface area contributed by atoms with E-state index < -0.39 is 0 Å². The van der Waals surface area contributed by atoms with Gasteiger partial charge in [-0.1, -0.05) is 18.2 Å². The van der Waals surface area contributed by atoms with Gasteiger partial charge in [0, 0.05) is 31.9 Å². The molecule has 28 heavy (non-hydrogen) atoms. The fraction of sp³-hybridized carbons (Fsp3) is 0.522. The highest BCUT2D eigenvalue weighted by molar-refractivity contribution is 5.30. The molecule has 1 aromatic carbocycles. The number of pyridine rings is 1. The molecule has 2 aromatic rings. The van der Waals surface area contributed by atoms with Gasteiger partial charge in [0.05, 0.1) is 12.8 Å². The minimum atomic E-state index is 0.507. The van der Waals surface area contributed by atoms with Gasteiger partial charge in [-0.15, -0.1) is 0 Å². The van der Waals surface area contributed by atoms with Crippen molar-refractivity contribution < 1.29 is 14.2 Å². The quantitative estimate of drug-likeness (QED) is 0.566. The Bertz CT molecular complexity index is 721. The number of aromatic nitrogens is 1. The normalized spacial score (nSPS) is 23.1. The summed E-state index contributed by atoms with van der Waals surface area (Å²) in [5.41, 5.74) is 1.31. The first kappa shape index (κ1) is 19.2. The molecule has 4 rings (SSSR count). The molecule has 1 saturated heterocycles. The Morgan fingerprint density at radius 2 is 1.89 bits per heavy atom. The molecule has 5 heteroatoms. The summed E-state index contributed by atoms with van der Waals surface area (Å²) < 4.78 is 17.3. The Balaban J connectivity index is 1.07. The number of ether oxygens (including phenoxy) is 3. The van der Waals surface area contributed by atoms with Crippen LogP contribution in [0.25, 0.3) is 0 Å². The fourth-order valence-electron chi connectivity index (χ4n) is 3.58. The summed E-state index contributed by atoms with van der Waals surface area (Å²) in [6, 6.07) is 12.6. The predicted molar refractivity (Wildman–Crippen MR) is 109 cm³/mol. The third-order valence-corrected chi connectivity index (χ3v) is 5.54. The van der Waals surface area contributed by atoms with Gasteiger partial charge in [0.1, 0.15) is 18.1 Å². The highest BCUT2D eigenvalue weighted by Gasteiger charge is 2.38. The first-order chi connectivity index (χ1) is 13.9. The van der Waals surface area contributed by atoms with Gasteiger partial charge in [0.2, 0.25) is 0 Å². The number of hydrogen-bond donors (Lipinski definition) is 1. The van der Waals surface area contributed by atoms with Crippen LogP contribution in [0, 0.1) is 5.92 Å². The lowest BCUT2D eigenvalue weighted by molar-refractivity contribution is 0.114. The van der Waals surface area contributed by atoms with E-state index in [2.05, 4.69) is 16.4 Å². The largest absolute Gasteiger partial charge is 0.494 e. The highest BCUT2D eigenvalue weighted by atomic mass is 16.5. The van der Waals surface area contributed by atoms with E-state index in [1.807, 2.05) is 42.7 Å². The molecule has 1 aliphatic heterocycles. The summed E-state index contributed by atoms with van der Waals surface area (Å²) in [6.45, 7) is 4.12. The molecule has 2 heterocycles. The predicted octanol–water partition coefficient (Wildman–Crippen LogP) is 3.80. The van der Waals surface area contributed by atoms with Crippen molar-refractivity contribution in [2.75, 3.05) is 33.0 Å². The van der Waals surface area contributed by atoms with Crippen LogP contribution in [0.3, 0.4) is 0 Å². The molecule has 3 atom stereocenters. The van der Waals surface area contributed by atoms with Crippen LogP contribution in [-0.2, 0) is 4.74 Å². The maximum atomic E-state index is 5.87. The monoisotopic (exact) mass is 382 g/mol. The Kier molecular flexibility index (Phi) is 6.79. The second-order valence-electron chi connectivity index (χ2n) is 7.72. The van der Waals surface area contributed by atoms with Crippen molar-refractivity contribution in [2.45, 2.75) is 37.6 Å². The summed E-state index contributed by atoms with van der Waals surface area (Å²) in [4.78, 5) is 4.37. The van der Waals surface area contributed by atoms with E-state index in [1.165, 1.54) is 18.4 Å². The van der Waals surface area contributed by atoms with Gasteiger partial charge < -0.3 is 19.5 Å². The van der Waals surface area contributed by atoms with E-state index in [1.54, 1.807) is 0 Å². The minimum Gasteiger partial charge on any atom is -0.494 e. The van der Waals surface area contributed by atoms with Crippen molar-refractivity contribution in [2.24, 2.45) is 5.92 Å². The van der Waals surface area contributed by atoms with Gasteiger partial charge in [0.15, 0.2) is 0 Å². The molecule has 150 valence electrons. The van der Waals surface area contributed by atoms with Crippen LogP contribution in [0.1, 0.15) is 37.2 Å². The number of nitrogens with zero attached hydrogens (tertiary/aromatic N) is 1. The third kappa shape index (κ3) is 5.69. The van der Waals surface area contributed by atoms with E-state index in [9.17, 15) is 0 Å². The Labute approximate surface area is 167 Å². The Morgan fingerprint density at radius 3 is 2.71 bits per heavy atom. The molecule has 2 aliphatic rings. The Morgan fingerprint density at radius 1 is 1.00 bits per heavy atom. The molecule has 5 nitrogen and oxygen atoms in total. The van der Waals surface area contributed by atoms with Crippen LogP contribution < -0.4 is 14.8 Å². The maximum absolute atomic E-state index is 5.87. The standard InChI is InChI=1S/C23H30N2O3/c1-2-5-21(6-3-1)27-11-4-10-26-12-8-18-14-23(18)19-13-22(16-24-15-19)28-17-20-7-9-25-20/h1-3,5-6,13,15-16,18,20,23,25H,4,7-12,14,17H2/t18-,20+,23+/m1/s1. The SMILES string of the molecule is c1ccc(OCCCOCC[C@@H]2C[C@@H]2c2cncc(OC[C@@H]3CCN3)c2)cc1. The summed E-state index contributed by atoms with van der Waals surface area (Å²) in [7, 11) is 0. The summed E-state index contributed by atoms with van der Waals surface area (Å²) in [5, 5.41) is 3.35. The molecule has 1 saturated carbocycles. The summed E-state index contributed by atoms with van der Waals surface area (Å²) in [5.74, 6) is 3.15. The van der Waals surface area contributed by atoms with Crippen LogP contribution >= 0.6 is 0 Å². The first-order valence-electron chi connectivity index (χ1n) is 10.5. The van der Waals surface area contributed by atoms with Crippen molar-refractivity contribution in [3.63, 3.8) is 0 Å². The lowest BCUT2D eigenvalue weighted by Gasteiger charge is -2.27. The average molecular weight is 383 g/mol. The minimum absolute atomic E-state index is 0.507. The number of hydrogen-bond acceptors (Lipinski definition) is 5. The lowest BCUT2D eigenvalue weighted by atomic mass is 10.1. The molecule has 0 amide bonds. The van der Waals surface area contributed by atoms with Crippen LogP contribution in [0.5, 0.6) is 11.5 Å². The molecule has 0 unspecified atom stereocenters. The van der Waals surface area contributed by atoms with Crippen molar-refractivity contribution in [3.8, 4) is 11.5 Å². The molecular weight excluding hydrogens is 352 g/mol. The van der Waals surface area contributed by atoms with Gasteiger partial charge in [-0.25, -0.2) is 0 Å². The Hall–Kier alpha value is -2.11. The van der Waals surface area contributed by atoms with Crippen LogP contribution in [0.15, 0.2) is 48.8 Å². The van der Waals surface area contributed by atoms with E-state index >= 15 is 0 Å². The summed E-state index contributed by atoms with van der Waals surface area (Å²) >= 11 is 0. The smallest absolute Gasteiger partial charge is 0.137 e. The van der Waals surface area contributed by atoms with Gasteiger partial charge >= 0.3 is 0 Å². The van der Waals surface area contributed by atoms with Crippen molar-refractivity contribution in [1.82, 2.24) is 10.3 Å². The van der Waals surface area contributed by atoms with Gasteiger partial charge in [-0.05, 0) is 61.4 Å². The topological polar surface area (TPSA) is 52.6 Å². The number of rotatable bonds is 12. The molecule has 0 spiro atoms. The highest BCUT2D eigenvalue weighted by Crippen LogP contribution is 2.49. The molecule has 2 fully saturated rings. The molecular formula is C23H30N2O3. The zero-order valence-corrected chi connectivity index (χ0v) is 16.4. The van der Waals surface area contributed by atoms with E-state index in [0.717, 1.165) is 50.7 Å². The second-order valence-corrected chi connectivity index (χ2v) is 7.72.